The second-order valence-electron chi connectivity index (χ2n) is 9.69. The zero-order valence-electron chi connectivity index (χ0n) is 21.4. The normalized spacial score (nSPS) is 19.6. The van der Waals surface area contributed by atoms with E-state index in [9.17, 15) is 27.2 Å². The summed E-state index contributed by atoms with van der Waals surface area (Å²) in [5, 5.41) is 5.13. The lowest BCUT2D eigenvalue weighted by Crippen LogP contribution is -2.51. The van der Waals surface area contributed by atoms with Crippen LogP contribution in [0, 0.1) is 5.82 Å². The Bertz CT molecular complexity index is 1390. The molecule has 3 unspecified atom stereocenters. The molecule has 2 aliphatic rings. The molecule has 2 aromatic carbocycles. The van der Waals surface area contributed by atoms with E-state index in [1.165, 1.54) is 42.7 Å². The van der Waals surface area contributed by atoms with Gasteiger partial charge in [-0.1, -0.05) is 18.2 Å². The number of anilines is 2. The number of rotatable bonds is 7. The van der Waals surface area contributed by atoms with Crippen molar-refractivity contribution in [3.05, 3.63) is 72.3 Å². The van der Waals surface area contributed by atoms with Gasteiger partial charge in [0.2, 0.25) is 5.91 Å². The topological polar surface area (TPSA) is 92.8 Å². The van der Waals surface area contributed by atoms with Crippen molar-refractivity contribution in [2.45, 2.75) is 44.4 Å². The highest BCUT2D eigenvalue weighted by molar-refractivity contribution is 6.07. The van der Waals surface area contributed by atoms with E-state index in [0.717, 1.165) is 31.0 Å². The average molecular weight is 559 g/mol. The lowest BCUT2D eigenvalue weighted by molar-refractivity contribution is -0.274. The first-order valence-corrected chi connectivity index (χ1v) is 12.7. The Hall–Kier alpha value is -4.03. The number of hydrogen-bond acceptors (Lipinski definition) is 6. The Labute approximate surface area is 227 Å². The summed E-state index contributed by atoms with van der Waals surface area (Å²) in [6, 6.07) is 9.84. The molecule has 0 spiro atoms. The van der Waals surface area contributed by atoms with E-state index in [4.69, 9.17) is 4.74 Å². The number of nitrogens with one attached hydrogen (secondary N) is 2. The van der Waals surface area contributed by atoms with E-state index in [-0.39, 0.29) is 40.3 Å². The second kappa shape index (κ2) is 11.2. The zero-order valence-corrected chi connectivity index (χ0v) is 21.4. The molecule has 3 aromatic rings. The molecule has 40 heavy (non-hydrogen) atoms. The number of fused-ring (bicyclic) bond motifs is 2. The summed E-state index contributed by atoms with van der Waals surface area (Å²) < 4.78 is 65.2. The molecular weight excluding hydrogens is 532 g/mol. The maximum absolute atomic E-state index is 14.8. The van der Waals surface area contributed by atoms with E-state index in [2.05, 4.69) is 20.4 Å². The first kappa shape index (κ1) is 27.5. The lowest BCUT2D eigenvalue weighted by Gasteiger charge is -2.35. The van der Waals surface area contributed by atoms with Gasteiger partial charge in [-0.25, -0.2) is 4.39 Å². The number of carbonyl (C=O) groups excluding carboxylic acids is 2. The Kier molecular flexibility index (Phi) is 7.72. The van der Waals surface area contributed by atoms with E-state index in [0.29, 0.717) is 13.1 Å². The summed E-state index contributed by atoms with van der Waals surface area (Å²) in [7, 11) is 0. The fourth-order valence-electron chi connectivity index (χ4n) is 4.95. The molecule has 2 fully saturated rings. The zero-order chi connectivity index (χ0) is 28.4. The minimum absolute atomic E-state index is 0.00691. The Balaban J connectivity index is 1.52. The lowest BCUT2D eigenvalue weighted by atomic mass is 10.0. The molecule has 3 heterocycles. The number of alkyl halides is 3. The molecule has 2 aliphatic heterocycles. The number of likely N-dealkylation sites (tertiary alicyclic amines) is 1. The van der Waals surface area contributed by atoms with Crippen LogP contribution < -0.4 is 15.4 Å². The van der Waals surface area contributed by atoms with E-state index in [1.807, 2.05) is 4.90 Å². The highest BCUT2D eigenvalue weighted by Gasteiger charge is 2.38. The van der Waals surface area contributed by atoms with Gasteiger partial charge in [-0.3, -0.25) is 19.5 Å². The van der Waals surface area contributed by atoms with Crippen LogP contribution in [0.2, 0.25) is 0 Å². The molecule has 2 N–H and O–H groups in total. The van der Waals surface area contributed by atoms with Crippen LogP contribution in [0.4, 0.5) is 28.9 Å². The van der Waals surface area contributed by atoms with Crippen LogP contribution >= 0.6 is 0 Å². The van der Waals surface area contributed by atoms with Crippen molar-refractivity contribution in [1.82, 2.24) is 9.88 Å². The van der Waals surface area contributed by atoms with Crippen LogP contribution in [0.1, 0.15) is 30.1 Å². The quantitative estimate of drug-likeness (QED) is 0.386. The minimum Gasteiger partial charge on any atom is -0.404 e. The van der Waals surface area contributed by atoms with Crippen molar-refractivity contribution in [2.75, 3.05) is 23.7 Å². The smallest absolute Gasteiger partial charge is 0.404 e. The first-order valence-electron chi connectivity index (χ1n) is 12.7. The van der Waals surface area contributed by atoms with Gasteiger partial charge in [0.05, 0.1) is 35.2 Å². The van der Waals surface area contributed by atoms with Crippen LogP contribution in [0.5, 0.6) is 5.75 Å². The fourth-order valence-corrected chi connectivity index (χ4v) is 4.95. The van der Waals surface area contributed by atoms with Gasteiger partial charge < -0.3 is 20.1 Å². The van der Waals surface area contributed by atoms with Crippen LogP contribution in [0.25, 0.3) is 11.1 Å². The molecular formula is C28H26F4N4O4. The SMILES string of the molecule is CC(C(=O)Nc1cc(NC(=O)c2cccnc2)c(-c2ccccc2F)cc1OC(F)(F)F)N1CC2CCC(C1)O2. The van der Waals surface area contributed by atoms with E-state index >= 15 is 0 Å². The van der Waals surface area contributed by atoms with Crippen molar-refractivity contribution in [3.63, 3.8) is 0 Å². The third kappa shape index (κ3) is 6.23. The highest BCUT2D eigenvalue weighted by atomic mass is 19.4. The maximum atomic E-state index is 14.8. The summed E-state index contributed by atoms with van der Waals surface area (Å²) in [4.78, 5) is 32.0. The summed E-state index contributed by atoms with van der Waals surface area (Å²) in [6.45, 7) is 2.70. The van der Waals surface area contributed by atoms with E-state index in [1.54, 1.807) is 6.92 Å². The number of amides is 2. The summed E-state index contributed by atoms with van der Waals surface area (Å²) in [5.74, 6) is -2.70. The van der Waals surface area contributed by atoms with Gasteiger partial charge in [-0.05, 0) is 50.1 Å². The van der Waals surface area contributed by atoms with Crippen molar-refractivity contribution < 1.29 is 36.6 Å². The van der Waals surface area contributed by atoms with Crippen LogP contribution in [-0.4, -0.2) is 59.4 Å². The Morgan fingerprint density at radius 1 is 1.02 bits per heavy atom. The predicted molar refractivity (Wildman–Crippen MR) is 138 cm³/mol. The van der Waals surface area contributed by atoms with Gasteiger partial charge in [0, 0.05) is 36.6 Å². The van der Waals surface area contributed by atoms with E-state index < -0.39 is 35.8 Å². The second-order valence-corrected chi connectivity index (χ2v) is 9.69. The molecule has 5 rings (SSSR count). The average Bonchev–Trinajstić information content (AvgIpc) is 3.26. The number of nitrogens with zero attached hydrogens (tertiary/aromatic N) is 2. The van der Waals surface area contributed by atoms with Crippen LogP contribution in [-0.2, 0) is 9.53 Å². The number of ether oxygens (including phenoxy) is 2. The third-order valence-corrected chi connectivity index (χ3v) is 6.94. The number of aromatic nitrogens is 1. The molecule has 12 heteroatoms. The minimum atomic E-state index is -5.11. The van der Waals surface area contributed by atoms with Gasteiger partial charge in [-0.2, -0.15) is 0 Å². The fraction of sp³-hybridized carbons (Fsp3) is 0.321. The molecule has 3 atom stereocenters. The summed E-state index contributed by atoms with van der Waals surface area (Å²) in [5.41, 5.74) is -0.372. The maximum Gasteiger partial charge on any atom is 0.573 e. The molecule has 1 aromatic heterocycles. The number of morpholine rings is 1. The number of halogens is 4. The predicted octanol–water partition coefficient (Wildman–Crippen LogP) is 5.23. The number of carbonyl (C=O) groups is 2. The van der Waals surface area contributed by atoms with Crippen LogP contribution in [0.3, 0.4) is 0 Å². The molecule has 0 radical (unpaired) electrons. The number of hydrogen-bond donors (Lipinski definition) is 2. The van der Waals surface area contributed by atoms with Gasteiger partial charge in [-0.15, -0.1) is 13.2 Å². The van der Waals surface area contributed by atoms with Gasteiger partial charge in [0.15, 0.2) is 5.75 Å². The highest BCUT2D eigenvalue weighted by Crippen LogP contribution is 2.41. The van der Waals surface area contributed by atoms with Crippen molar-refractivity contribution in [1.29, 1.82) is 0 Å². The van der Waals surface area contributed by atoms with Crippen molar-refractivity contribution in [3.8, 4) is 16.9 Å². The van der Waals surface area contributed by atoms with Gasteiger partial charge >= 0.3 is 6.36 Å². The molecule has 0 aliphatic carbocycles. The van der Waals surface area contributed by atoms with Gasteiger partial charge in [0.25, 0.3) is 5.91 Å². The number of benzene rings is 2. The standard InChI is InChI=1S/C28H26F4N4O4/c1-16(36-14-18-8-9-19(15-36)39-18)26(37)35-24-12-23(34-27(38)17-5-4-10-33-13-17)21(11-25(24)40-28(30,31)32)20-6-2-3-7-22(20)29/h2-7,10-13,16,18-19H,8-9,14-15H2,1H3,(H,34,38)(H,35,37). The van der Waals surface area contributed by atoms with Crippen molar-refractivity contribution >= 4 is 23.2 Å². The molecule has 0 saturated carbocycles. The molecule has 2 saturated heterocycles. The monoisotopic (exact) mass is 558 g/mol. The van der Waals surface area contributed by atoms with Gasteiger partial charge in [0.1, 0.15) is 5.82 Å². The number of pyridine rings is 1. The molecule has 2 bridgehead atoms. The largest absolute Gasteiger partial charge is 0.573 e. The molecule has 2 amide bonds. The summed E-state index contributed by atoms with van der Waals surface area (Å²) in [6.07, 6.45) is -0.548. The van der Waals surface area contributed by atoms with Crippen LogP contribution in [0.15, 0.2) is 60.9 Å². The molecule has 8 nitrogen and oxygen atoms in total. The third-order valence-electron chi connectivity index (χ3n) is 6.94. The summed E-state index contributed by atoms with van der Waals surface area (Å²) >= 11 is 0. The Morgan fingerprint density at radius 3 is 2.40 bits per heavy atom. The first-order chi connectivity index (χ1) is 19.1. The van der Waals surface area contributed by atoms with Crippen molar-refractivity contribution in [2.24, 2.45) is 0 Å². The molecule has 210 valence electrons. The Morgan fingerprint density at radius 2 is 1.75 bits per heavy atom.